The van der Waals surface area contributed by atoms with Crippen LogP contribution in [-0.2, 0) is 4.79 Å². The summed E-state index contributed by atoms with van der Waals surface area (Å²) in [4.78, 5) is 14.8. The van der Waals surface area contributed by atoms with Crippen molar-refractivity contribution in [1.29, 1.82) is 0 Å². The molecule has 2 fully saturated rings. The number of carbonyl (C=O) groups excluding carboxylic acids is 1. The Balaban J connectivity index is 0.00000200. The Morgan fingerprint density at radius 2 is 1.60 bits per heavy atom. The molecular formula is C16H31ClN2O. The van der Waals surface area contributed by atoms with Crippen molar-refractivity contribution in [2.75, 3.05) is 0 Å². The number of nitrogens with two attached hydrogens (primary N) is 1. The van der Waals surface area contributed by atoms with Crippen LogP contribution < -0.4 is 5.73 Å². The first-order valence-corrected chi connectivity index (χ1v) is 8.25. The van der Waals surface area contributed by atoms with E-state index < -0.39 is 0 Å². The molecule has 0 aromatic heterocycles. The smallest absolute Gasteiger partial charge is 0.239 e. The highest BCUT2D eigenvalue weighted by atomic mass is 35.5. The molecule has 0 bridgehead atoms. The SMILES string of the molecule is CCCC(N)C(=O)N(C1CCC(CC)CC1)C1CC1.Cl. The first-order chi connectivity index (χ1) is 9.17. The van der Waals surface area contributed by atoms with Gasteiger partial charge >= 0.3 is 0 Å². The van der Waals surface area contributed by atoms with Crippen molar-refractivity contribution in [1.82, 2.24) is 4.90 Å². The van der Waals surface area contributed by atoms with Gasteiger partial charge in [0.2, 0.25) is 5.91 Å². The van der Waals surface area contributed by atoms with Crippen molar-refractivity contribution in [2.24, 2.45) is 11.7 Å². The molecule has 2 saturated carbocycles. The van der Waals surface area contributed by atoms with Crippen LogP contribution in [0.2, 0.25) is 0 Å². The molecule has 0 heterocycles. The van der Waals surface area contributed by atoms with Crippen LogP contribution in [0.3, 0.4) is 0 Å². The summed E-state index contributed by atoms with van der Waals surface area (Å²) < 4.78 is 0. The van der Waals surface area contributed by atoms with Crippen LogP contribution in [0.5, 0.6) is 0 Å². The minimum Gasteiger partial charge on any atom is -0.335 e. The van der Waals surface area contributed by atoms with E-state index in [0.29, 0.717) is 12.1 Å². The van der Waals surface area contributed by atoms with Crippen LogP contribution in [0, 0.1) is 5.92 Å². The second kappa shape index (κ2) is 8.23. The summed E-state index contributed by atoms with van der Waals surface area (Å²) in [5.41, 5.74) is 6.06. The van der Waals surface area contributed by atoms with Gasteiger partial charge in [-0.3, -0.25) is 4.79 Å². The second-order valence-electron chi connectivity index (χ2n) is 6.45. The number of nitrogens with zero attached hydrogens (tertiary/aromatic N) is 1. The van der Waals surface area contributed by atoms with Gasteiger partial charge < -0.3 is 10.6 Å². The highest BCUT2D eigenvalue weighted by Crippen LogP contribution is 2.36. The van der Waals surface area contributed by atoms with Gasteiger partial charge in [-0.15, -0.1) is 12.4 Å². The molecule has 0 saturated heterocycles. The van der Waals surface area contributed by atoms with Gasteiger partial charge in [-0.2, -0.15) is 0 Å². The summed E-state index contributed by atoms with van der Waals surface area (Å²) in [6.07, 6.45) is 10.5. The lowest BCUT2D eigenvalue weighted by molar-refractivity contribution is -0.136. The van der Waals surface area contributed by atoms with Crippen molar-refractivity contribution in [3.63, 3.8) is 0 Å². The maximum absolute atomic E-state index is 12.6. The summed E-state index contributed by atoms with van der Waals surface area (Å²) in [6.45, 7) is 4.38. The summed E-state index contributed by atoms with van der Waals surface area (Å²) in [5.74, 6) is 1.11. The van der Waals surface area contributed by atoms with Gasteiger partial charge in [-0.1, -0.05) is 26.7 Å². The second-order valence-corrected chi connectivity index (χ2v) is 6.45. The maximum Gasteiger partial charge on any atom is 0.239 e. The first kappa shape index (κ1) is 17.8. The van der Waals surface area contributed by atoms with E-state index >= 15 is 0 Å². The lowest BCUT2D eigenvalue weighted by Crippen LogP contribution is -2.50. The Bertz CT molecular complexity index is 299. The van der Waals surface area contributed by atoms with Crippen molar-refractivity contribution in [3.05, 3.63) is 0 Å². The van der Waals surface area contributed by atoms with Gasteiger partial charge in [-0.05, 0) is 50.9 Å². The third-order valence-corrected chi connectivity index (χ3v) is 4.90. The van der Waals surface area contributed by atoms with Crippen LogP contribution in [-0.4, -0.2) is 28.9 Å². The van der Waals surface area contributed by atoms with E-state index in [1.807, 2.05) is 0 Å². The highest BCUT2D eigenvalue weighted by molar-refractivity contribution is 5.85. The molecule has 2 rings (SSSR count). The Labute approximate surface area is 130 Å². The molecule has 0 aliphatic heterocycles. The normalized spacial score (nSPS) is 27.6. The quantitative estimate of drug-likeness (QED) is 0.816. The Morgan fingerprint density at radius 3 is 2.00 bits per heavy atom. The minimum atomic E-state index is -0.269. The van der Waals surface area contributed by atoms with E-state index in [2.05, 4.69) is 18.7 Å². The summed E-state index contributed by atoms with van der Waals surface area (Å²) >= 11 is 0. The first-order valence-electron chi connectivity index (χ1n) is 8.25. The Hall–Kier alpha value is -0.280. The lowest BCUT2D eigenvalue weighted by atomic mass is 9.83. The molecule has 0 aromatic rings. The number of hydrogen-bond acceptors (Lipinski definition) is 2. The zero-order valence-corrected chi connectivity index (χ0v) is 13.8. The fourth-order valence-electron chi connectivity index (χ4n) is 3.47. The molecule has 0 spiro atoms. The molecule has 1 atom stereocenters. The van der Waals surface area contributed by atoms with Crippen LogP contribution in [0.1, 0.15) is 71.6 Å². The van der Waals surface area contributed by atoms with E-state index in [4.69, 9.17) is 5.73 Å². The molecule has 2 aliphatic carbocycles. The average molecular weight is 303 g/mol. The van der Waals surface area contributed by atoms with Crippen molar-refractivity contribution < 1.29 is 4.79 Å². The van der Waals surface area contributed by atoms with Gasteiger partial charge in [0.05, 0.1) is 6.04 Å². The Kier molecular flexibility index (Phi) is 7.32. The topological polar surface area (TPSA) is 46.3 Å². The van der Waals surface area contributed by atoms with Crippen LogP contribution >= 0.6 is 12.4 Å². The highest BCUT2D eigenvalue weighted by Gasteiger charge is 2.39. The van der Waals surface area contributed by atoms with E-state index in [1.165, 1.54) is 44.9 Å². The van der Waals surface area contributed by atoms with E-state index in [-0.39, 0.29) is 24.4 Å². The fourth-order valence-corrected chi connectivity index (χ4v) is 3.47. The van der Waals surface area contributed by atoms with E-state index in [9.17, 15) is 4.79 Å². The summed E-state index contributed by atoms with van der Waals surface area (Å²) in [5, 5.41) is 0. The van der Waals surface area contributed by atoms with Gasteiger partial charge in [0.25, 0.3) is 0 Å². The van der Waals surface area contributed by atoms with Gasteiger partial charge in [0.1, 0.15) is 0 Å². The number of rotatable bonds is 6. The summed E-state index contributed by atoms with van der Waals surface area (Å²) in [7, 11) is 0. The van der Waals surface area contributed by atoms with Gasteiger partial charge in [0, 0.05) is 12.1 Å². The third kappa shape index (κ3) is 4.36. The number of halogens is 1. The molecule has 4 heteroatoms. The largest absolute Gasteiger partial charge is 0.335 e. The molecule has 20 heavy (non-hydrogen) atoms. The summed E-state index contributed by atoms with van der Waals surface area (Å²) in [6, 6.07) is 0.721. The zero-order valence-electron chi connectivity index (χ0n) is 13.0. The maximum atomic E-state index is 12.6. The third-order valence-electron chi connectivity index (χ3n) is 4.90. The molecular weight excluding hydrogens is 272 g/mol. The standard InChI is InChI=1S/C16H30N2O.ClH/c1-3-5-15(17)16(19)18(14-10-11-14)13-8-6-12(4-2)7-9-13;/h12-15H,3-11,17H2,1-2H3;1H. The molecule has 2 aliphatic rings. The molecule has 0 radical (unpaired) electrons. The number of hydrogen-bond donors (Lipinski definition) is 1. The molecule has 2 N–H and O–H groups in total. The molecule has 1 amide bonds. The molecule has 3 nitrogen and oxygen atoms in total. The minimum absolute atomic E-state index is 0. The average Bonchev–Trinajstić information content (AvgIpc) is 3.24. The Morgan fingerprint density at radius 1 is 1.10 bits per heavy atom. The predicted octanol–water partition coefficient (Wildman–Crippen LogP) is 3.50. The zero-order chi connectivity index (χ0) is 13.8. The van der Waals surface area contributed by atoms with Gasteiger partial charge in [-0.25, -0.2) is 0 Å². The van der Waals surface area contributed by atoms with Crippen LogP contribution in [0.4, 0.5) is 0 Å². The van der Waals surface area contributed by atoms with Crippen LogP contribution in [0.25, 0.3) is 0 Å². The fraction of sp³-hybridized carbons (Fsp3) is 0.938. The predicted molar refractivity (Wildman–Crippen MR) is 86.0 cm³/mol. The molecule has 118 valence electrons. The lowest BCUT2D eigenvalue weighted by Gasteiger charge is -2.38. The van der Waals surface area contributed by atoms with Crippen LogP contribution in [0.15, 0.2) is 0 Å². The van der Waals surface area contributed by atoms with Crippen molar-refractivity contribution in [2.45, 2.75) is 89.8 Å². The van der Waals surface area contributed by atoms with E-state index in [1.54, 1.807) is 0 Å². The molecule has 0 aromatic carbocycles. The molecule has 1 unspecified atom stereocenters. The number of amides is 1. The van der Waals surface area contributed by atoms with Crippen molar-refractivity contribution in [3.8, 4) is 0 Å². The number of carbonyl (C=O) groups is 1. The monoisotopic (exact) mass is 302 g/mol. The van der Waals surface area contributed by atoms with Gasteiger partial charge in [0.15, 0.2) is 0 Å². The van der Waals surface area contributed by atoms with Crippen molar-refractivity contribution >= 4 is 18.3 Å². The van der Waals surface area contributed by atoms with E-state index in [0.717, 1.165) is 18.8 Å².